The van der Waals surface area contributed by atoms with Gasteiger partial charge in [0.05, 0.1) is 12.7 Å². The van der Waals surface area contributed by atoms with Gasteiger partial charge >= 0.3 is 5.97 Å². The Labute approximate surface area is 146 Å². The summed E-state index contributed by atoms with van der Waals surface area (Å²) in [6, 6.07) is 12.2. The van der Waals surface area contributed by atoms with Crippen LogP contribution in [0.25, 0.3) is 0 Å². The lowest BCUT2D eigenvalue weighted by Crippen LogP contribution is -2.34. The molecular weight excluding hydrogens is 324 g/mol. The highest BCUT2D eigenvalue weighted by atomic mass is 32.1. The number of hydrogen-bond donors (Lipinski definition) is 2. The van der Waals surface area contributed by atoms with E-state index in [9.17, 15) is 9.59 Å². The Kier molecular flexibility index (Phi) is 5.65. The maximum atomic E-state index is 12.3. The van der Waals surface area contributed by atoms with Crippen LogP contribution in [-0.2, 0) is 4.74 Å². The second kappa shape index (κ2) is 7.70. The Morgan fingerprint density at radius 3 is 2.29 bits per heavy atom. The number of rotatable bonds is 3. The Morgan fingerprint density at radius 1 is 1.04 bits per heavy atom. The molecule has 0 aliphatic carbocycles. The smallest absolute Gasteiger partial charge is 0.337 e. The molecule has 0 aliphatic heterocycles. The summed E-state index contributed by atoms with van der Waals surface area (Å²) in [5.74, 6) is -0.677. The number of ether oxygens (including phenoxy) is 1. The van der Waals surface area contributed by atoms with E-state index in [2.05, 4.69) is 15.4 Å². The predicted octanol–water partition coefficient (Wildman–Crippen LogP) is 3.22. The van der Waals surface area contributed by atoms with E-state index >= 15 is 0 Å². The van der Waals surface area contributed by atoms with Crippen LogP contribution in [0.15, 0.2) is 42.5 Å². The van der Waals surface area contributed by atoms with Gasteiger partial charge in [-0.05, 0) is 62.0 Å². The van der Waals surface area contributed by atoms with Gasteiger partial charge in [0.1, 0.15) is 0 Å². The van der Waals surface area contributed by atoms with Crippen LogP contribution in [0.3, 0.4) is 0 Å². The fourth-order valence-corrected chi connectivity index (χ4v) is 2.42. The number of methoxy groups -OCH3 is 1. The molecule has 0 saturated carbocycles. The molecule has 24 heavy (non-hydrogen) atoms. The third-order valence-corrected chi connectivity index (χ3v) is 3.62. The number of anilines is 1. The summed E-state index contributed by atoms with van der Waals surface area (Å²) in [5.41, 5.74) is 3.65. The number of carbonyl (C=O) groups is 2. The molecule has 0 aliphatic rings. The van der Waals surface area contributed by atoms with Crippen molar-refractivity contribution >= 4 is 34.9 Å². The fraction of sp³-hybridized carbons (Fsp3) is 0.167. The molecule has 0 heterocycles. The Balaban J connectivity index is 2.00. The average molecular weight is 342 g/mol. The number of aryl methyl sites for hydroxylation is 2. The molecule has 2 aromatic rings. The maximum Gasteiger partial charge on any atom is 0.337 e. The molecule has 0 fully saturated rings. The number of benzene rings is 2. The van der Waals surface area contributed by atoms with Gasteiger partial charge in [-0.25, -0.2) is 4.79 Å². The van der Waals surface area contributed by atoms with Crippen LogP contribution in [0.4, 0.5) is 5.69 Å². The van der Waals surface area contributed by atoms with E-state index in [-0.39, 0.29) is 11.0 Å². The van der Waals surface area contributed by atoms with Crippen LogP contribution in [0, 0.1) is 13.8 Å². The van der Waals surface area contributed by atoms with Crippen molar-refractivity contribution in [2.24, 2.45) is 0 Å². The van der Waals surface area contributed by atoms with Gasteiger partial charge in [0.15, 0.2) is 5.11 Å². The summed E-state index contributed by atoms with van der Waals surface area (Å²) in [6.07, 6.45) is 0. The van der Waals surface area contributed by atoms with E-state index in [1.807, 2.05) is 26.0 Å². The molecule has 5 nitrogen and oxygen atoms in total. The normalized spacial score (nSPS) is 9.96. The molecule has 124 valence electrons. The number of thiocarbonyl (C=S) groups is 1. The predicted molar refractivity (Wildman–Crippen MR) is 97.4 cm³/mol. The zero-order chi connectivity index (χ0) is 17.7. The van der Waals surface area contributed by atoms with E-state index in [4.69, 9.17) is 12.2 Å². The summed E-state index contributed by atoms with van der Waals surface area (Å²) >= 11 is 5.15. The molecule has 0 saturated heterocycles. The van der Waals surface area contributed by atoms with Gasteiger partial charge in [-0.2, -0.15) is 0 Å². The van der Waals surface area contributed by atoms with E-state index in [0.29, 0.717) is 16.8 Å². The van der Waals surface area contributed by atoms with Gasteiger partial charge in [0.2, 0.25) is 0 Å². The first-order valence-corrected chi connectivity index (χ1v) is 7.69. The quantitative estimate of drug-likeness (QED) is 0.662. The molecule has 0 radical (unpaired) electrons. The first-order valence-electron chi connectivity index (χ1n) is 7.28. The van der Waals surface area contributed by atoms with Gasteiger partial charge in [-0.3, -0.25) is 10.1 Å². The molecule has 6 heteroatoms. The minimum absolute atomic E-state index is 0.186. The van der Waals surface area contributed by atoms with Crippen molar-refractivity contribution in [3.05, 3.63) is 64.7 Å². The van der Waals surface area contributed by atoms with Gasteiger partial charge in [0, 0.05) is 11.3 Å². The first kappa shape index (κ1) is 17.6. The van der Waals surface area contributed by atoms with Crippen molar-refractivity contribution in [1.29, 1.82) is 0 Å². The zero-order valence-corrected chi connectivity index (χ0v) is 14.5. The van der Waals surface area contributed by atoms with Crippen LogP contribution < -0.4 is 10.6 Å². The van der Waals surface area contributed by atoms with Crippen molar-refractivity contribution in [3.8, 4) is 0 Å². The zero-order valence-electron chi connectivity index (χ0n) is 13.7. The van der Waals surface area contributed by atoms with E-state index < -0.39 is 5.97 Å². The van der Waals surface area contributed by atoms with Gasteiger partial charge < -0.3 is 10.1 Å². The lowest BCUT2D eigenvalue weighted by atomic mass is 10.1. The van der Waals surface area contributed by atoms with Gasteiger partial charge in [0.25, 0.3) is 5.91 Å². The van der Waals surface area contributed by atoms with E-state index in [1.165, 1.54) is 7.11 Å². The summed E-state index contributed by atoms with van der Waals surface area (Å²) in [7, 11) is 1.33. The largest absolute Gasteiger partial charge is 0.465 e. The average Bonchev–Trinajstić information content (AvgIpc) is 2.54. The molecule has 2 N–H and O–H groups in total. The SMILES string of the molecule is COC(=O)c1ccc(NC(=S)NC(=O)c2ccc(C)cc2C)cc1. The highest BCUT2D eigenvalue weighted by Gasteiger charge is 2.11. The number of carbonyl (C=O) groups excluding carboxylic acids is 2. The lowest BCUT2D eigenvalue weighted by molar-refractivity contribution is 0.0600. The summed E-state index contributed by atoms with van der Waals surface area (Å²) in [5, 5.41) is 5.73. The molecule has 2 rings (SSSR count). The van der Waals surface area contributed by atoms with Crippen LogP contribution >= 0.6 is 12.2 Å². The van der Waals surface area contributed by atoms with E-state index in [1.54, 1.807) is 30.3 Å². The Hall–Kier alpha value is -2.73. The molecule has 0 bridgehead atoms. The third-order valence-electron chi connectivity index (χ3n) is 3.42. The monoisotopic (exact) mass is 342 g/mol. The lowest BCUT2D eigenvalue weighted by Gasteiger charge is -2.11. The molecule has 2 aromatic carbocycles. The number of nitrogens with one attached hydrogen (secondary N) is 2. The maximum absolute atomic E-state index is 12.3. The van der Waals surface area contributed by atoms with Crippen LogP contribution in [0.2, 0.25) is 0 Å². The van der Waals surface area contributed by atoms with Crippen molar-refractivity contribution in [3.63, 3.8) is 0 Å². The van der Waals surface area contributed by atoms with Gasteiger partial charge in [-0.15, -0.1) is 0 Å². The van der Waals surface area contributed by atoms with Crippen LogP contribution in [-0.4, -0.2) is 24.1 Å². The molecule has 1 amide bonds. The van der Waals surface area contributed by atoms with Crippen molar-refractivity contribution < 1.29 is 14.3 Å². The molecule has 0 spiro atoms. The van der Waals surface area contributed by atoms with Crippen molar-refractivity contribution in [1.82, 2.24) is 5.32 Å². The number of hydrogen-bond acceptors (Lipinski definition) is 4. The number of esters is 1. The number of amides is 1. The molecule has 0 aromatic heterocycles. The second-order valence-electron chi connectivity index (χ2n) is 5.30. The Morgan fingerprint density at radius 2 is 1.71 bits per heavy atom. The molecular formula is C18H18N2O3S. The minimum Gasteiger partial charge on any atom is -0.465 e. The molecule has 0 unspecified atom stereocenters. The minimum atomic E-state index is -0.410. The van der Waals surface area contributed by atoms with Gasteiger partial charge in [-0.1, -0.05) is 17.7 Å². The third kappa shape index (κ3) is 4.39. The second-order valence-corrected chi connectivity index (χ2v) is 5.70. The fourth-order valence-electron chi connectivity index (χ4n) is 2.21. The summed E-state index contributed by atoms with van der Waals surface area (Å²) in [6.45, 7) is 3.85. The summed E-state index contributed by atoms with van der Waals surface area (Å²) < 4.78 is 4.64. The first-order chi connectivity index (χ1) is 11.4. The van der Waals surface area contributed by atoms with Crippen molar-refractivity contribution in [2.75, 3.05) is 12.4 Å². The highest BCUT2D eigenvalue weighted by Crippen LogP contribution is 2.12. The van der Waals surface area contributed by atoms with Crippen LogP contribution in [0.1, 0.15) is 31.8 Å². The van der Waals surface area contributed by atoms with Crippen LogP contribution in [0.5, 0.6) is 0 Å². The standard InChI is InChI=1S/C18H18N2O3S/c1-11-4-9-15(12(2)10-11)16(21)20-18(24)19-14-7-5-13(6-8-14)17(22)23-3/h4-10H,1-3H3,(H2,19,20,21,24). The summed E-state index contributed by atoms with van der Waals surface area (Å²) in [4.78, 5) is 23.6. The van der Waals surface area contributed by atoms with Crippen molar-refractivity contribution in [2.45, 2.75) is 13.8 Å². The highest BCUT2D eigenvalue weighted by molar-refractivity contribution is 7.80. The van der Waals surface area contributed by atoms with E-state index in [0.717, 1.165) is 11.1 Å². The Bertz CT molecular complexity index is 785. The topological polar surface area (TPSA) is 67.4 Å². The molecule has 0 atom stereocenters.